The Balaban J connectivity index is 2.53. The van der Waals surface area contributed by atoms with Crippen LogP contribution in [0.25, 0.3) is 0 Å². The third-order valence-corrected chi connectivity index (χ3v) is 3.82. The predicted octanol–water partition coefficient (Wildman–Crippen LogP) is -0.566. The van der Waals surface area contributed by atoms with Crippen molar-refractivity contribution in [1.82, 2.24) is 19.0 Å². The maximum absolute atomic E-state index is 11.8. The minimum atomic E-state index is -3.54. The van der Waals surface area contributed by atoms with Crippen molar-refractivity contribution in [1.29, 1.82) is 0 Å². The van der Waals surface area contributed by atoms with Crippen molar-refractivity contribution in [2.24, 2.45) is 0 Å². The number of aliphatic hydroxyl groups excluding tert-OH is 1. The first-order chi connectivity index (χ1) is 8.45. The van der Waals surface area contributed by atoms with E-state index in [-0.39, 0.29) is 19.7 Å². The smallest absolute Gasteiger partial charge is 0.279 e. The van der Waals surface area contributed by atoms with E-state index in [9.17, 15) is 8.42 Å². The molecule has 1 rings (SSSR count). The van der Waals surface area contributed by atoms with Crippen LogP contribution in [0.5, 0.6) is 0 Å². The molecule has 102 valence electrons. The summed E-state index contributed by atoms with van der Waals surface area (Å²) in [6.45, 7) is 2.14. The van der Waals surface area contributed by atoms with Crippen LogP contribution in [0.2, 0.25) is 0 Å². The van der Waals surface area contributed by atoms with Crippen molar-refractivity contribution >= 4 is 10.2 Å². The molecule has 0 aromatic carbocycles. The second-order valence-electron chi connectivity index (χ2n) is 3.87. The Hall–Kier alpha value is -1.09. The van der Waals surface area contributed by atoms with Gasteiger partial charge in [-0.2, -0.15) is 17.4 Å². The molecule has 0 bridgehead atoms. The normalized spacial score (nSPS) is 12.0. The molecule has 1 heterocycles. The van der Waals surface area contributed by atoms with Gasteiger partial charge < -0.3 is 5.11 Å². The number of nitrogens with zero attached hydrogens (tertiary/aromatic N) is 3. The number of aryl methyl sites for hydroxylation is 1. The first-order valence-corrected chi connectivity index (χ1v) is 6.99. The SMILES string of the molecule is Cc1cnc(CNS(=O)(=O)N(C)CCCO)cn1. The van der Waals surface area contributed by atoms with Crippen LogP contribution < -0.4 is 4.72 Å². The van der Waals surface area contributed by atoms with Gasteiger partial charge in [-0.1, -0.05) is 0 Å². The average molecular weight is 274 g/mol. The minimum Gasteiger partial charge on any atom is -0.396 e. The molecule has 0 aliphatic carbocycles. The zero-order valence-electron chi connectivity index (χ0n) is 10.5. The second kappa shape index (κ2) is 6.74. The monoisotopic (exact) mass is 274 g/mol. The molecule has 7 nitrogen and oxygen atoms in total. The fourth-order valence-corrected chi connectivity index (χ4v) is 2.12. The summed E-state index contributed by atoms with van der Waals surface area (Å²) in [5.41, 5.74) is 1.33. The number of aromatic nitrogens is 2. The number of hydrogen-bond donors (Lipinski definition) is 2. The highest BCUT2D eigenvalue weighted by Crippen LogP contribution is 1.99. The highest BCUT2D eigenvalue weighted by molar-refractivity contribution is 7.87. The van der Waals surface area contributed by atoms with E-state index in [0.29, 0.717) is 12.1 Å². The molecule has 0 radical (unpaired) electrons. The molecule has 8 heteroatoms. The van der Waals surface area contributed by atoms with Crippen LogP contribution in [0.4, 0.5) is 0 Å². The lowest BCUT2D eigenvalue weighted by Gasteiger charge is -2.16. The molecule has 0 amide bonds. The number of aliphatic hydroxyl groups is 1. The molecule has 0 aliphatic rings. The largest absolute Gasteiger partial charge is 0.396 e. The van der Waals surface area contributed by atoms with E-state index in [1.165, 1.54) is 13.2 Å². The van der Waals surface area contributed by atoms with Crippen LogP contribution >= 0.6 is 0 Å². The van der Waals surface area contributed by atoms with Crippen LogP contribution in [0, 0.1) is 6.92 Å². The number of nitrogens with one attached hydrogen (secondary N) is 1. The van der Waals surface area contributed by atoms with Crippen molar-refractivity contribution in [2.45, 2.75) is 19.9 Å². The molecule has 1 aromatic rings. The molecule has 0 unspecified atom stereocenters. The Morgan fingerprint density at radius 3 is 2.67 bits per heavy atom. The summed E-state index contributed by atoms with van der Waals surface area (Å²) in [5, 5.41) is 8.65. The average Bonchev–Trinajstić information content (AvgIpc) is 2.35. The van der Waals surface area contributed by atoms with Crippen LogP contribution in [0.1, 0.15) is 17.8 Å². The van der Waals surface area contributed by atoms with Gasteiger partial charge in [-0.15, -0.1) is 0 Å². The number of rotatable bonds is 7. The second-order valence-corrected chi connectivity index (χ2v) is 5.74. The lowest BCUT2D eigenvalue weighted by atomic mass is 10.4. The summed E-state index contributed by atoms with van der Waals surface area (Å²) in [6.07, 6.45) is 3.52. The Morgan fingerprint density at radius 2 is 2.11 bits per heavy atom. The predicted molar refractivity (Wildman–Crippen MR) is 66.9 cm³/mol. The van der Waals surface area contributed by atoms with Gasteiger partial charge in [0.25, 0.3) is 10.2 Å². The molecule has 2 N–H and O–H groups in total. The summed E-state index contributed by atoms with van der Waals surface area (Å²) in [6, 6.07) is 0. The maximum atomic E-state index is 11.8. The minimum absolute atomic E-state index is 0.0384. The molecule has 18 heavy (non-hydrogen) atoms. The van der Waals surface area contributed by atoms with E-state index in [4.69, 9.17) is 5.11 Å². The van der Waals surface area contributed by atoms with E-state index in [2.05, 4.69) is 14.7 Å². The summed E-state index contributed by atoms with van der Waals surface area (Å²) in [7, 11) is -2.08. The summed E-state index contributed by atoms with van der Waals surface area (Å²) >= 11 is 0. The van der Waals surface area contributed by atoms with Crippen molar-refractivity contribution in [3.05, 3.63) is 23.8 Å². The fraction of sp³-hybridized carbons (Fsp3) is 0.600. The Labute approximate surface area is 107 Å². The highest BCUT2D eigenvalue weighted by Gasteiger charge is 2.16. The zero-order valence-corrected chi connectivity index (χ0v) is 11.3. The van der Waals surface area contributed by atoms with Crippen molar-refractivity contribution < 1.29 is 13.5 Å². The van der Waals surface area contributed by atoms with E-state index < -0.39 is 10.2 Å². The molecular formula is C10H18N4O3S. The highest BCUT2D eigenvalue weighted by atomic mass is 32.2. The summed E-state index contributed by atoms with van der Waals surface area (Å²) in [4.78, 5) is 8.09. The standard InChI is InChI=1S/C10H18N4O3S/c1-9-6-12-10(7-11-9)8-13-18(16,17)14(2)4-3-5-15/h6-7,13,15H,3-5,8H2,1-2H3. The first kappa shape index (κ1) is 15.0. The van der Waals surface area contributed by atoms with Crippen LogP contribution in [-0.4, -0.2) is 48.0 Å². The van der Waals surface area contributed by atoms with Crippen molar-refractivity contribution in [3.8, 4) is 0 Å². The Bertz CT molecular complexity index is 461. The zero-order chi connectivity index (χ0) is 13.6. The molecule has 0 aliphatic heterocycles. The summed E-state index contributed by atoms with van der Waals surface area (Å²) < 4.78 is 27.1. The van der Waals surface area contributed by atoms with Crippen LogP contribution in [0.3, 0.4) is 0 Å². The van der Waals surface area contributed by atoms with Gasteiger partial charge >= 0.3 is 0 Å². The lowest BCUT2D eigenvalue weighted by molar-refractivity contribution is 0.275. The molecular weight excluding hydrogens is 256 g/mol. The van der Waals surface area contributed by atoms with Gasteiger partial charge in [-0.3, -0.25) is 9.97 Å². The number of hydrogen-bond acceptors (Lipinski definition) is 5. The fourth-order valence-electron chi connectivity index (χ4n) is 1.20. The maximum Gasteiger partial charge on any atom is 0.279 e. The van der Waals surface area contributed by atoms with Gasteiger partial charge in [0.15, 0.2) is 0 Å². The molecule has 0 saturated heterocycles. The lowest BCUT2D eigenvalue weighted by Crippen LogP contribution is -2.38. The Morgan fingerprint density at radius 1 is 1.39 bits per heavy atom. The molecule has 0 atom stereocenters. The van der Waals surface area contributed by atoms with Gasteiger partial charge in [0.1, 0.15) is 0 Å². The van der Waals surface area contributed by atoms with Gasteiger partial charge in [-0.25, -0.2) is 0 Å². The van der Waals surface area contributed by atoms with E-state index in [1.807, 2.05) is 6.92 Å². The quantitative estimate of drug-likeness (QED) is 0.694. The van der Waals surface area contributed by atoms with E-state index in [0.717, 1.165) is 10.00 Å². The van der Waals surface area contributed by atoms with Crippen molar-refractivity contribution in [3.63, 3.8) is 0 Å². The topological polar surface area (TPSA) is 95.4 Å². The molecule has 0 fully saturated rings. The molecule has 0 saturated carbocycles. The van der Waals surface area contributed by atoms with E-state index >= 15 is 0 Å². The van der Waals surface area contributed by atoms with Crippen LogP contribution in [-0.2, 0) is 16.8 Å². The third kappa shape index (κ3) is 4.65. The van der Waals surface area contributed by atoms with Gasteiger partial charge in [-0.05, 0) is 13.3 Å². The summed E-state index contributed by atoms with van der Waals surface area (Å²) in [5.74, 6) is 0. The molecule has 0 spiro atoms. The van der Waals surface area contributed by atoms with Gasteiger partial charge in [0, 0.05) is 26.4 Å². The van der Waals surface area contributed by atoms with Crippen molar-refractivity contribution in [2.75, 3.05) is 20.2 Å². The van der Waals surface area contributed by atoms with Gasteiger partial charge in [0.05, 0.1) is 24.1 Å². The van der Waals surface area contributed by atoms with Crippen LogP contribution in [0.15, 0.2) is 12.4 Å². The Kier molecular flexibility index (Phi) is 5.60. The first-order valence-electron chi connectivity index (χ1n) is 5.55. The third-order valence-electron chi connectivity index (χ3n) is 2.31. The molecule has 1 aromatic heterocycles. The van der Waals surface area contributed by atoms with E-state index in [1.54, 1.807) is 6.20 Å². The van der Waals surface area contributed by atoms with Gasteiger partial charge in [0.2, 0.25) is 0 Å².